The molecule has 180 valence electrons. The predicted octanol–water partition coefficient (Wildman–Crippen LogP) is 4.64. The zero-order valence-corrected chi connectivity index (χ0v) is 19.8. The Kier molecular flexibility index (Phi) is 6.29. The fourth-order valence-electron chi connectivity index (χ4n) is 4.32. The summed E-state index contributed by atoms with van der Waals surface area (Å²) in [6.45, 7) is 7.70. The van der Waals surface area contributed by atoms with Gasteiger partial charge < -0.3 is 10.2 Å². The second-order valence-electron chi connectivity index (χ2n) is 8.31. The van der Waals surface area contributed by atoms with Gasteiger partial charge in [-0.25, -0.2) is 23.4 Å². The van der Waals surface area contributed by atoms with Gasteiger partial charge in [-0.1, -0.05) is 23.4 Å². The van der Waals surface area contributed by atoms with Crippen molar-refractivity contribution in [1.29, 1.82) is 0 Å². The van der Waals surface area contributed by atoms with Crippen molar-refractivity contribution in [2.24, 2.45) is 0 Å². The molecule has 0 atom stereocenters. The number of rotatable bonds is 6. The second kappa shape index (κ2) is 9.53. The Morgan fingerprint density at radius 2 is 1.86 bits per heavy atom. The van der Waals surface area contributed by atoms with Gasteiger partial charge in [0, 0.05) is 36.5 Å². The van der Waals surface area contributed by atoms with Gasteiger partial charge in [0.1, 0.15) is 11.0 Å². The van der Waals surface area contributed by atoms with Gasteiger partial charge >= 0.3 is 0 Å². The fraction of sp³-hybridized carbons (Fsp3) is 0.292. The summed E-state index contributed by atoms with van der Waals surface area (Å²) in [6, 6.07) is 4.76. The molecule has 1 aliphatic heterocycles. The third-order valence-corrected chi connectivity index (χ3v) is 6.33. The first-order valence-electron chi connectivity index (χ1n) is 11.3. The van der Waals surface area contributed by atoms with Crippen molar-refractivity contribution in [2.75, 3.05) is 24.5 Å². The monoisotopic (exact) mass is 496 g/mol. The van der Waals surface area contributed by atoms with Crippen molar-refractivity contribution in [3.8, 4) is 11.3 Å². The first-order chi connectivity index (χ1) is 17.0. The van der Waals surface area contributed by atoms with Crippen LogP contribution in [0.2, 0.25) is 5.02 Å². The molecular weight excluding hydrogens is 474 g/mol. The van der Waals surface area contributed by atoms with Crippen LogP contribution in [-0.4, -0.2) is 49.6 Å². The smallest absolute Gasteiger partial charge is 0.225 e. The maximum absolute atomic E-state index is 14.9. The van der Waals surface area contributed by atoms with E-state index in [0.717, 1.165) is 31.4 Å². The maximum atomic E-state index is 14.9. The van der Waals surface area contributed by atoms with Crippen molar-refractivity contribution < 1.29 is 8.78 Å². The minimum Gasteiger partial charge on any atom is -0.385 e. The molecule has 1 aromatic carbocycles. The molecule has 1 N–H and O–H groups in total. The van der Waals surface area contributed by atoms with Crippen molar-refractivity contribution in [3.05, 3.63) is 65.6 Å². The summed E-state index contributed by atoms with van der Waals surface area (Å²) < 4.78 is 31.5. The first-order valence-corrected chi connectivity index (χ1v) is 11.7. The van der Waals surface area contributed by atoms with Crippen LogP contribution in [0.15, 0.2) is 43.4 Å². The zero-order chi connectivity index (χ0) is 24.5. The molecule has 35 heavy (non-hydrogen) atoms. The Morgan fingerprint density at radius 3 is 2.57 bits per heavy atom. The van der Waals surface area contributed by atoms with Crippen LogP contribution in [0.5, 0.6) is 0 Å². The van der Waals surface area contributed by atoms with Crippen LogP contribution in [0.3, 0.4) is 0 Å². The highest BCUT2D eigenvalue weighted by Crippen LogP contribution is 2.31. The van der Waals surface area contributed by atoms with Gasteiger partial charge in [0.25, 0.3) is 0 Å². The Morgan fingerprint density at radius 1 is 1.11 bits per heavy atom. The number of fused-ring (bicyclic) bond motifs is 1. The van der Waals surface area contributed by atoms with Gasteiger partial charge in [-0.15, -0.1) is 5.10 Å². The topological polar surface area (TPSA) is 84.7 Å². The standard InChI is InChI=1S/C24H23ClF2N8/c1-3-28-14(2)17-4-5-18(23(27)22(17)26)19-10-20-21(13-29-19)35(33-32-20)16-6-8-34(9-7-16)24-30-11-15(25)12-31-24/h4-5,10-13,16,28H,2-3,6-9H2,1H3. The average molecular weight is 497 g/mol. The summed E-state index contributed by atoms with van der Waals surface area (Å²) >= 11 is 5.88. The Labute approximate surface area is 205 Å². The summed E-state index contributed by atoms with van der Waals surface area (Å²) in [5.74, 6) is -1.29. The fourth-order valence-corrected chi connectivity index (χ4v) is 4.42. The summed E-state index contributed by atoms with van der Waals surface area (Å²) in [4.78, 5) is 15.1. The number of piperidine rings is 1. The van der Waals surface area contributed by atoms with Gasteiger partial charge in [0.15, 0.2) is 11.6 Å². The molecule has 4 aromatic rings. The second-order valence-corrected chi connectivity index (χ2v) is 8.75. The van der Waals surface area contributed by atoms with E-state index in [1.807, 2.05) is 11.6 Å². The molecule has 8 nitrogen and oxygen atoms in total. The number of benzene rings is 1. The van der Waals surface area contributed by atoms with Crippen LogP contribution in [0.25, 0.3) is 28.0 Å². The van der Waals surface area contributed by atoms with Crippen molar-refractivity contribution >= 4 is 34.3 Å². The summed E-state index contributed by atoms with van der Waals surface area (Å²) in [5, 5.41) is 12.0. The third-order valence-electron chi connectivity index (χ3n) is 6.13. The van der Waals surface area contributed by atoms with Gasteiger partial charge in [0.2, 0.25) is 5.95 Å². The van der Waals surface area contributed by atoms with E-state index in [1.165, 1.54) is 12.1 Å². The molecule has 1 saturated heterocycles. The number of aromatic nitrogens is 6. The van der Waals surface area contributed by atoms with E-state index in [1.54, 1.807) is 24.7 Å². The molecule has 0 spiro atoms. The van der Waals surface area contributed by atoms with Crippen molar-refractivity contribution in [2.45, 2.75) is 25.8 Å². The van der Waals surface area contributed by atoms with Crippen LogP contribution in [0.1, 0.15) is 31.4 Å². The van der Waals surface area contributed by atoms with Crippen LogP contribution in [-0.2, 0) is 0 Å². The highest BCUT2D eigenvalue weighted by atomic mass is 35.5. The molecular formula is C24H23ClF2N8. The SMILES string of the molecule is C=C(NCC)c1ccc(-c2cc3nnn(C4CCN(c5ncc(Cl)cn5)CC4)c3cn2)c(F)c1F. The predicted molar refractivity (Wildman–Crippen MR) is 131 cm³/mol. The molecule has 11 heteroatoms. The lowest BCUT2D eigenvalue weighted by molar-refractivity contribution is 0.366. The van der Waals surface area contributed by atoms with E-state index in [4.69, 9.17) is 11.6 Å². The van der Waals surface area contributed by atoms with Gasteiger partial charge in [0.05, 0.1) is 35.3 Å². The summed E-state index contributed by atoms with van der Waals surface area (Å²) in [5.41, 5.74) is 2.08. The highest BCUT2D eigenvalue weighted by Gasteiger charge is 2.25. The highest BCUT2D eigenvalue weighted by molar-refractivity contribution is 6.30. The van der Waals surface area contributed by atoms with E-state index < -0.39 is 11.6 Å². The quantitative estimate of drug-likeness (QED) is 0.416. The molecule has 1 aliphatic rings. The third kappa shape index (κ3) is 4.41. The molecule has 5 rings (SSSR count). The van der Waals surface area contributed by atoms with E-state index in [2.05, 4.69) is 42.1 Å². The Balaban J connectivity index is 1.36. The number of nitrogens with one attached hydrogen (secondary N) is 1. The molecule has 0 radical (unpaired) electrons. The number of pyridine rings is 1. The minimum absolute atomic E-state index is 0.0586. The Hall–Kier alpha value is -3.66. The van der Waals surface area contributed by atoms with E-state index in [9.17, 15) is 8.78 Å². The van der Waals surface area contributed by atoms with Crippen LogP contribution in [0, 0.1) is 11.6 Å². The maximum Gasteiger partial charge on any atom is 0.225 e. The first kappa shape index (κ1) is 23.1. The van der Waals surface area contributed by atoms with Crippen LogP contribution >= 0.6 is 11.6 Å². The minimum atomic E-state index is -0.974. The van der Waals surface area contributed by atoms with E-state index in [0.29, 0.717) is 28.7 Å². The number of hydrogen-bond donors (Lipinski definition) is 1. The van der Waals surface area contributed by atoms with E-state index in [-0.39, 0.29) is 22.9 Å². The summed E-state index contributed by atoms with van der Waals surface area (Å²) in [7, 11) is 0. The molecule has 0 aliphatic carbocycles. The van der Waals surface area contributed by atoms with Crippen molar-refractivity contribution in [3.63, 3.8) is 0 Å². The lowest BCUT2D eigenvalue weighted by atomic mass is 10.0. The molecule has 0 bridgehead atoms. The van der Waals surface area contributed by atoms with Gasteiger partial charge in [-0.05, 0) is 38.0 Å². The molecule has 0 saturated carbocycles. The van der Waals surface area contributed by atoms with Crippen molar-refractivity contribution in [1.82, 2.24) is 35.3 Å². The molecule has 3 aromatic heterocycles. The molecule has 0 unspecified atom stereocenters. The van der Waals surface area contributed by atoms with Gasteiger partial charge in [-0.2, -0.15) is 0 Å². The average Bonchev–Trinajstić information content (AvgIpc) is 3.30. The summed E-state index contributed by atoms with van der Waals surface area (Å²) in [6.07, 6.45) is 6.43. The Bertz CT molecular complexity index is 1380. The molecule has 4 heterocycles. The van der Waals surface area contributed by atoms with Crippen LogP contribution in [0.4, 0.5) is 14.7 Å². The normalized spacial score (nSPS) is 14.5. The number of anilines is 1. The zero-order valence-electron chi connectivity index (χ0n) is 19.0. The van der Waals surface area contributed by atoms with E-state index >= 15 is 0 Å². The lowest BCUT2D eigenvalue weighted by Gasteiger charge is -2.31. The molecule has 0 amide bonds. The number of halogens is 3. The molecule has 1 fully saturated rings. The van der Waals surface area contributed by atoms with Gasteiger partial charge in [-0.3, -0.25) is 4.98 Å². The number of hydrogen-bond acceptors (Lipinski definition) is 7. The van der Waals surface area contributed by atoms with Crippen LogP contribution < -0.4 is 10.2 Å². The lowest BCUT2D eigenvalue weighted by Crippen LogP contribution is -2.36. The number of nitrogens with zero attached hydrogens (tertiary/aromatic N) is 7. The largest absolute Gasteiger partial charge is 0.385 e.